The molecule has 1 unspecified atom stereocenters. The Morgan fingerprint density at radius 1 is 1.45 bits per heavy atom. The van der Waals surface area contributed by atoms with Gasteiger partial charge in [0.2, 0.25) is 0 Å². The molecule has 2 heterocycles. The molecular weight excluding hydrogens is 417 g/mol. The van der Waals surface area contributed by atoms with E-state index in [-0.39, 0.29) is 12.3 Å². The summed E-state index contributed by atoms with van der Waals surface area (Å²) in [5, 5.41) is 2.74. The lowest BCUT2D eigenvalue weighted by molar-refractivity contribution is 0.102. The zero-order valence-electron chi connectivity index (χ0n) is 17.6. The van der Waals surface area contributed by atoms with Crippen LogP contribution < -0.4 is 15.8 Å². The third-order valence-corrected chi connectivity index (χ3v) is 5.76. The van der Waals surface area contributed by atoms with Crippen LogP contribution in [0.4, 0.5) is 10.1 Å². The average molecular weight is 442 g/mol. The van der Waals surface area contributed by atoms with E-state index in [1.807, 2.05) is 25.2 Å². The highest BCUT2D eigenvalue weighted by Gasteiger charge is 2.32. The lowest BCUT2D eigenvalue weighted by Crippen LogP contribution is -2.36. The smallest absolute Gasteiger partial charge is 0.274 e. The number of halogens is 1. The number of carbonyl (C=O) groups excluding carboxylic acids is 1. The Morgan fingerprint density at radius 2 is 2.23 bits per heavy atom. The van der Waals surface area contributed by atoms with Crippen molar-refractivity contribution in [1.29, 1.82) is 0 Å². The van der Waals surface area contributed by atoms with Gasteiger partial charge in [0.15, 0.2) is 0 Å². The summed E-state index contributed by atoms with van der Waals surface area (Å²) in [4.78, 5) is 21.2. The average Bonchev–Trinajstić information content (AvgIpc) is 2.82. The number of rotatable bonds is 5. The number of likely N-dealkylation sites (N-methyl/N-ethyl adjacent to an activating group) is 1. The molecule has 1 amide bonds. The number of amidine groups is 1. The molecule has 9 heteroatoms. The van der Waals surface area contributed by atoms with Crippen molar-refractivity contribution in [3.05, 3.63) is 53.6 Å². The maximum atomic E-state index is 14.7. The van der Waals surface area contributed by atoms with Crippen molar-refractivity contribution in [3.8, 4) is 18.1 Å². The van der Waals surface area contributed by atoms with E-state index in [0.717, 1.165) is 0 Å². The van der Waals surface area contributed by atoms with Gasteiger partial charge < -0.3 is 15.8 Å². The summed E-state index contributed by atoms with van der Waals surface area (Å²) in [5.74, 6) is 2.42. The van der Waals surface area contributed by atoms with Gasteiger partial charge in [0.05, 0.1) is 17.0 Å². The fourth-order valence-corrected chi connectivity index (χ4v) is 4.19. The van der Waals surface area contributed by atoms with Crippen LogP contribution in [-0.2, 0) is 0 Å². The van der Waals surface area contributed by atoms with Gasteiger partial charge in [0.25, 0.3) is 5.91 Å². The van der Waals surface area contributed by atoms with Crippen molar-refractivity contribution in [2.75, 3.05) is 25.5 Å². The molecule has 1 aliphatic rings. The molecule has 2 aromatic rings. The molecule has 3 N–H and O–H groups in total. The number of nitrogens with one attached hydrogen (secondary N) is 1. The van der Waals surface area contributed by atoms with Crippen LogP contribution in [0.2, 0.25) is 0 Å². The van der Waals surface area contributed by atoms with E-state index >= 15 is 0 Å². The Bertz CT molecular complexity index is 1030. The first-order chi connectivity index (χ1) is 14.7. The van der Waals surface area contributed by atoms with Gasteiger partial charge in [-0.25, -0.2) is 9.37 Å². The lowest BCUT2D eigenvalue weighted by atomic mass is 10.0. The first kappa shape index (κ1) is 22.6. The summed E-state index contributed by atoms with van der Waals surface area (Å²) in [6.07, 6.45) is 6.57. The zero-order valence-corrected chi connectivity index (χ0v) is 18.4. The van der Waals surface area contributed by atoms with Gasteiger partial charge in [-0.3, -0.25) is 14.1 Å². The van der Waals surface area contributed by atoms with Crippen LogP contribution in [-0.4, -0.2) is 46.0 Å². The van der Waals surface area contributed by atoms with Gasteiger partial charge in [0.1, 0.15) is 29.7 Å². The van der Waals surface area contributed by atoms with Crippen molar-refractivity contribution >= 4 is 29.4 Å². The minimum Gasteiger partial charge on any atom is -0.479 e. The molecule has 0 bridgehead atoms. The predicted octanol–water partition coefficient (Wildman–Crippen LogP) is 3.26. The third kappa shape index (κ3) is 5.54. The molecule has 1 aliphatic heterocycles. The molecule has 7 nitrogen and oxygen atoms in total. The van der Waals surface area contributed by atoms with Crippen molar-refractivity contribution in [3.63, 3.8) is 0 Å². The molecule has 31 heavy (non-hydrogen) atoms. The number of aromatic nitrogens is 1. The summed E-state index contributed by atoms with van der Waals surface area (Å²) in [6, 6.07) is 7.01. The first-order valence-electron chi connectivity index (χ1n) is 9.56. The number of ether oxygens (including phenoxy) is 1. The number of anilines is 1. The van der Waals surface area contributed by atoms with Crippen LogP contribution in [0.3, 0.4) is 0 Å². The molecule has 0 saturated heterocycles. The Hall–Kier alpha value is -3.09. The van der Waals surface area contributed by atoms with Crippen LogP contribution in [0.15, 0.2) is 41.5 Å². The number of carbonyl (C=O) groups is 1. The number of aliphatic imine (C=N–C) groups is 1. The fraction of sp³-hybridized carbons (Fsp3) is 0.318. The van der Waals surface area contributed by atoms with Gasteiger partial charge in [-0.15, -0.1) is 6.42 Å². The Morgan fingerprint density at radius 3 is 2.90 bits per heavy atom. The summed E-state index contributed by atoms with van der Waals surface area (Å²) < 4.78 is 21.5. The highest BCUT2D eigenvalue weighted by molar-refractivity contribution is 7.99. The fourth-order valence-electron chi connectivity index (χ4n) is 3.05. The van der Waals surface area contributed by atoms with Gasteiger partial charge in [-0.05, 0) is 51.2 Å². The number of hydrogen-bond acceptors (Lipinski definition) is 7. The van der Waals surface area contributed by atoms with Gasteiger partial charge in [-0.1, -0.05) is 17.9 Å². The highest BCUT2D eigenvalue weighted by Crippen LogP contribution is 2.35. The van der Waals surface area contributed by atoms with Crippen molar-refractivity contribution in [2.45, 2.75) is 24.6 Å². The lowest BCUT2D eigenvalue weighted by Gasteiger charge is -2.25. The number of benzene rings is 1. The molecule has 1 atom stereocenters. The molecular formula is C22H24FN5O2S. The second kappa shape index (κ2) is 9.37. The Kier molecular flexibility index (Phi) is 6.83. The minimum absolute atomic E-state index is 0.116. The molecule has 0 spiro atoms. The molecule has 0 aliphatic carbocycles. The number of amides is 1. The summed E-state index contributed by atoms with van der Waals surface area (Å²) in [6.45, 7) is 4.53. The van der Waals surface area contributed by atoms with Crippen LogP contribution in [0.25, 0.3) is 0 Å². The third-order valence-electron chi connectivity index (χ3n) is 4.63. The maximum Gasteiger partial charge on any atom is 0.274 e. The molecule has 162 valence electrons. The summed E-state index contributed by atoms with van der Waals surface area (Å²) in [7, 11) is 1.92. The maximum absolute atomic E-state index is 14.7. The molecule has 0 radical (unpaired) electrons. The van der Waals surface area contributed by atoms with E-state index in [0.29, 0.717) is 29.4 Å². The van der Waals surface area contributed by atoms with E-state index in [4.69, 9.17) is 16.9 Å². The quantitative estimate of drug-likeness (QED) is 0.547. The van der Waals surface area contributed by atoms with E-state index in [2.05, 4.69) is 21.2 Å². The minimum atomic E-state index is -0.498. The van der Waals surface area contributed by atoms with Crippen molar-refractivity contribution in [2.24, 2.45) is 10.7 Å². The van der Waals surface area contributed by atoms with Crippen molar-refractivity contribution < 1.29 is 13.9 Å². The molecule has 0 saturated carbocycles. The largest absolute Gasteiger partial charge is 0.479 e. The summed E-state index contributed by atoms with van der Waals surface area (Å²) in [5.41, 5.74) is 7.15. The van der Waals surface area contributed by atoms with Crippen LogP contribution in [0, 0.1) is 18.2 Å². The normalized spacial score (nSPS) is 18.4. The van der Waals surface area contributed by atoms with Crippen molar-refractivity contribution in [1.82, 2.24) is 9.29 Å². The second-order valence-electron chi connectivity index (χ2n) is 7.50. The van der Waals surface area contributed by atoms with Crippen LogP contribution in [0.5, 0.6) is 5.75 Å². The Labute approximate surface area is 185 Å². The van der Waals surface area contributed by atoms with E-state index < -0.39 is 22.5 Å². The van der Waals surface area contributed by atoms with E-state index in [1.54, 1.807) is 24.1 Å². The molecule has 1 aromatic carbocycles. The second-order valence-corrected chi connectivity index (χ2v) is 9.33. The molecule has 0 fully saturated rings. The Balaban J connectivity index is 1.80. The monoisotopic (exact) mass is 441 g/mol. The predicted molar refractivity (Wildman–Crippen MR) is 122 cm³/mol. The standard InChI is InChI=1S/C22H24FN5O2S/c1-5-10-30-15-7-9-18(25-12-15)20(29)26-14-6-8-17(23)16(11-14)19-13-28(4)31-22(2,3)21(24)27-19/h1,6-9,11-12,19H,10,13H2,2-4H3,(H2,24,27)(H,26,29). The topological polar surface area (TPSA) is 92.8 Å². The molecule has 1 aromatic heterocycles. The number of nitrogens with zero attached hydrogens (tertiary/aromatic N) is 3. The molecule has 3 rings (SSSR count). The van der Waals surface area contributed by atoms with Gasteiger partial charge >= 0.3 is 0 Å². The first-order valence-corrected chi connectivity index (χ1v) is 10.3. The van der Waals surface area contributed by atoms with Crippen LogP contribution >= 0.6 is 11.9 Å². The summed E-state index contributed by atoms with van der Waals surface area (Å²) >= 11 is 1.55. The highest BCUT2D eigenvalue weighted by atomic mass is 32.2. The van der Waals surface area contributed by atoms with E-state index in [9.17, 15) is 9.18 Å². The number of hydrogen-bond donors (Lipinski definition) is 2. The van der Waals surface area contributed by atoms with Crippen LogP contribution in [0.1, 0.15) is 35.9 Å². The van der Waals surface area contributed by atoms with Gasteiger partial charge in [-0.2, -0.15) is 0 Å². The van der Waals surface area contributed by atoms with E-state index in [1.165, 1.54) is 24.4 Å². The SMILES string of the molecule is C#CCOc1ccc(C(=O)Nc2ccc(F)c(C3CN(C)SC(C)(C)C(N)=N3)c2)nc1. The van der Waals surface area contributed by atoms with Gasteiger partial charge in [0, 0.05) is 17.8 Å². The number of pyridine rings is 1. The zero-order chi connectivity index (χ0) is 22.6. The number of nitrogens with two attached hydrogens (primary N) is 1. The number of terminal acetylenes is 1.